The number of nitrogens with zero attached hydrogens (tertiary/aromatic N) is 1. The highest BCUT2D eigenvalue weighted by Gasteiger charge is 2.24. The van der Waals surface area contributed by atoms with Crippen LogP contribution in [0.25, 0.3) is 0 Å². The number of likely N-dealkylation sites (tertiary alicyclic amines) is 1. The number of rotatable bonds is 4. The van der Waals surface area contributed by atoms with Crippen LogP contribution in [0.1, 0.15) is 19.8 Å². The first-order valence-corrected chi connectivity index (χ1v) is 4.78. The van der Waals surface area contributed by atoms with Crippen molar-refractivity contribution in [2.24, 2.45) is 11.7 Å². The number of alkyl halides is 1. The molecule has 0 aromatic rings. The summed E-state index contributed by atoms with van der Waals surface area (Å²) in [5.74, 6) is 0.629. The van der Waals surface area contributed by atoms with Crippen LogP contribution in [0.2, 0.25) is 0 Å². The molecule has 1 aliphatic heterocycles. The summed E-state index contributed by atoms with van der Waals surface area (Å²) in [6.07, 6.45) is 1.86. The fourth-order valence-electron chi connectivity index (χ4n) is 1.78. The molecule has 3 heteroatoms. The average molecular weight is 174 g/mol. The van der Waals surface area contributed by atoms with E-state index in [4.69, 9.17) is 5.73 Å². The van der Waals surface area contributed by atoms with Gasteiger partial charge in [-0.25, -0.2) is 0 Å². The highest BCUT2D eigenvalue weighted by atomic mass is 19.1. The van der Waals surface area contributed by atoms with Gasteiger partial charge in [-0.05, 0) is 32.2 Å². The van der Waals surface area contributed by atoms with Gasteiger partial charge in [-0.15, -0.1) is 0 Å². The number of hydrogen-bond donors (Lipinski definition) is 1. The zero-order valence-corrected chi connectivity index (χ0v) is 7.80. The molecule has 12 heavy (non-hydrogen) atoms. The van der Waals surface area contributed by atoms with Gasteiger partial charge in [-0.2, -0.15) is 0 Å². The smallest absolute Gasteiger partial charge is 0.0906 e. The fourth-order valence-corrected chi connectivity index (χ4v) is 1.78. The van der Waals surface area contributed by atoms with Crippen molar-refractivity contribution in [3.05, 3.63) is 0 Å². The van der Waals surface area contributed by atoms with E-state index in [1.54, 1.807) is 0 Å². The minimum Gasteiger partial charge on any atom is -0.328 e. The molecule has 2 atom stereocenters. The second-order valence-corrected chi connectivity index (χ2v) is 3.75. The van der Waals surface area contributed by atoms with Crippen LogP contribution in [-0.4, -0.2) is 37.3 Å². The van der Waals surface area contributed by atoms with Crippen molar-refractivity contribution in [1.29, 1.82) is 0 Å². The molecule has 0 radical (unpaired) electrons. The van der Waals surface area contributed by atoms with Crippen molar-refractivity contribution in [3.8, 4) is 0 Å². The van der Waals surface area contributed by atoms with Crippen LogP contribution in [0.3, 0.4) is 0 Å². The lowest BCUT2D eigenvalue weighted by molar-refractivity contribution is 0.295. The molecule has 1 heterocycles. The molecule has 0 amide bonds. The second kappa shape index (κ2) is 4.77. The average Bonchev–Trinajstić information content (AvgIpc) is 2.48. The van der Waals surface area contributed by atoms with Crippen LogP contribution in [0.15, 0.2) is 0 Å². The molecule has 0 aromatic carbocycles. The standard InChI is InChI=1S/C9H19FN2/c1-8(11)9-3-6-12(7-9)5-2-4-10/h8-9H,2-7,11H2,1H3. The predicted molar refractivity (Wildman–Crippen MR) is 48.8 cm³/mol. The molecule has 0 aromatic heterocycles. The van der Waals surface area contributed by atoms with E-state index in [2.05, 4.69) is 11.8 Å². The molecule has 0 aliphatic carbocycles. The third-order valence-corrected chi connectivity index (χ3v) is 2.66. The van der Waals surface area contributed by atoms with Gasteiger partial charge < -0.3 is 10.6 Å². The van der Waals surface area contributed by atoms with E-state index in [1.165, 1.54) is 6.42 Å². The Kier molecular flexibility index (Phi) is 3.95. The van der Waals surface area contributed by atoms with Gasteiger partial charge in [0, 0.05) is 19.1 Å². The summed E-state index contributed by atoms with van der Waals surface area (Å²) >= 11 is 0. The van der Waals surface area contributed by atoms with Crippen LogP contribution in [0, 0.1) is 5.92 Å². The summed E-state index contributed by atoms with van der Waals surface area (Å²) in [5.41, 5.74) is 5.79. The largest absolute Gasteiger partial charge is 0.328 e. The third-order valence-electron chi connectivity index (χ3n) is 2.66. The summed E-state index contributed by atoms with van der Waals surface area (Å²) in [6.45, 7) is 4.94. The first kappa shape index (κ1) is 9.93. The normalized spacial score (nSPS) is 27.8. The molecule has 0 bridgehead atoms. The van der Waals surface area contributed by atoms with E-state index >= 15 is 0 Å². The van der Waals surface area contributed by atoms with Gasteiger partial charge in [-0.3, -0.25) is 4.39 Å². The Labute approximate surface area is 73.9 Å². The van der Waals surface area contributed by atoms with Crippen LogP contribution in [-0.2, 0) is 0 Å². The van der Waals surface area contributed by atoms with Crippen molar-refractivity contribution < 1.29 is 4.39 Å². The van der Waals surface area contributed by atoms with E-state index < -0.39 is 0 Å². The highest BCUT2D eigenvalue weighted by Crippen LogP contribution is 2.18. The minimum absolute atomic E-state index is 0.195. The fraction of sp³-hybridized carbons (Fsp3) is 1.00. The Morgan fingerprint density at radius 1 is 1.67 bits per heavy atom. The van der Waals surface area contributed by atoms with Crippen LogP contribution >= 0.6 is 0 Å². The van der Waals surface area contributed by atoms with Crippen LogP contribution in [0.5, 0.6) is 0 Å². The van der Waals surface area contributed by atoms with Gasteiger partial charge in [0.15, 0.2) is 0 Å². The molecule has 2 N–H and O–H groups in total. The Balaban J connectivity index is 2.17. The van der Waals surface area contributed by atoms with Gasteiger partial charge in [0.2, 0.25) is 0 Å². The summed E-state index contributed by atoms with van der Waals surface area (Å²) in [7, 11) is 0. The minimum atomic E-state index is -0.195. The topological polar surface area (TPSA) is 29.3 Å². The first-order chi connectivity index (χ1) is 5.74. The van der Waals surface area contributed by atoms with E-state index in [0.29, 0.717) is 18.4 Å². The Morgan fingerprint density at radius 2 is 2.42 bits per heavy atom. The maximum atomic E-state index is 11.9. The van der Waals surface area contributed by atoms with Gasteiger partial charge in [0.05, 0.1) is 6.67 Å². The van der Waals surface area contributed by atoms with E-state index in [0.717, 1.165) is 19.6 Å². The number of hydrogen-bond acceptors (Lipinski definition) is 2. The number of halogens is 1. The maximum Gasteiger partial charge on any atom is 0.0906 e. The van der Waals surface area contributed by atoms with Crippen molar-refractivity contribution >= 4 is 0 Å². The van der Waals surface area contributed by atoms with Crippen LogP contribution in [0.4, 0.5) is 4.39 Å². The molecule has 1 aliphatic rings. The molecule has 1 fully saturated rings. The zero-order valence-electron chi connectivity index (χ0n) is 7.80. The van der Waals surface area contributed by atoms with Crippen LogP contribution < -0.4 is 5.73 Å². The van der Waals surface area contributed by atoms with Gasteiger partial charge >= 0.3 is 0 Å². The van der Waals surface area contributed by atoms with E-state index in [9.17, 15) is 4.39 Å². The van der Waals surface area contributed by atoms with Crippen molar-refractivity contribution in [2.45, 2.75) is 25.8 Å². The number of nitrogens with two attached hydrogens (primary N) is 1. The molecule has 0 saturated carbocycles. The monoisotopic (exact) mass is 174 g/mol. The van der Waals surface area contributed by atoms with E-state index in [-0.39, 0.29) is 6.67 Å². The molecular weight excluding hydrogens is 155 g/mol. The molecule has 72 valence electrons. The summed E-state index contributed by atoms with van der Waals surface area (Å²) in [6, 6.07) is 0.292. The third kappa shape index (κ3) is 2.72. The lowest BCUT2D eigenvalue weighted by Crippen LogP contribution is -2.30. The molecule has 2 nitrogen and oxygen atoms in total. The molecule has 1 saturated heterocycles. The summed E-state index contributed by atoms with van der Waals surface area (Å²) in [5, 5.41) is 0. The SMILES string of the molecule is CC(N)C1CCN(CCCF)C1. The molecule has 0 spiro atoms. The lowest BCUT2D eigenvalue weighted by Gasteiger charge is -2.16. The predicted octanol–water partition coefficient (Wildman–Crippen LogP) is 1.02. The lowest BCUT2D eigenvalue weighted by atomic mass is 10.0. The Hall–Kier alpha value is -0.150. The van der Waals surface area contributed by atoms with Crippen molar-refractivity contribution in [1.82, 2.24) is 4.90 Å². The summed E-state index contributed by atoms with van der Waals surface area (Å²) < 4.78 is 11.9. The molecule has 2 unspecified atom stereocenters. The van der Waals surface area contributed by atoms with Gasteiger partial charge in [-0.1, -0.05) is 0 Å². The van der Waals surface area contributed by atoms with Gasteiger partial charge in [0.1, 0.15) is 0 Å². The molecule has 1 rings (SSSR count). The van der Waals surface area contributed by atoms with E-state index in [1.807, 2.05) is 0 Å². The quantitative estimate of drug-likeness (QED) is 0.689. The Morgan fingerprint density at radius 3 is 2.92 bits per heavy atom. The molecular formula is C9H19FN2. The van der Waals surface area contributed by atoms with Crippen molar-refractivity contribution in [3.63, 3.8) is 0 Å². The van der Waals surface area contributed by atoms with Gasteiger partial charge in [0.25, 0.3) is 0 Å². The van der Waals surface area contributed by atoms with Crippen molar-refractivity contribution in [2.75, 3.05) is 26.3 Å². The Bertz CT molecular complexity index is 128. The maximum absolute atomic E-state index is 11.9. The zero-order chi connectivity index (χ0) is 8.97. The second-order valence-electron chi connectivity index (χ2n) is 3.75. The summed E-state index contributed by atoms with van der Waals surface area (Å²) in [4.78, 5) is 2.31. The highest BCUT2D eigenvalue weighted by molar-refractivity contribution is 4.80. The first-order valence-electron chi connectivity index (χ1n) is 4.78.